The number of Topliss-reactive ketones (excluding diaryl/α,β-unsaturated/α-hetero) is 1. The third-order valence-corrected chi connectivity index (χ3v) is 7.85. The highest BCUT2D eigenvalue weighted by atomic mass is 16.7. The summed E-state index contributed by atoms with van der Waals surface area (Å²) in [6.45, 7) is 5.15. The maximum absolute atomic E-state index is 13.9. The number of carbonyl (C=O) groups excluding carboxylic acids is 5. The zero-order valence-corrected chi connectivity index (χ0v) is 29.5. The molecule has 0 aliphatic carbocycles. The van der Waals surface area contributed by atoms with Gasteiger partial charge in [-0.15, -0.1) is 0 Å². The van der Waals surface area contributed by atoms with Crippen LogP contribution in [-0.2, 0) is 32.1 Å². The minimum atomic E-state index is -1.02. The number of nitrogens with one attached hydrogen (secondary N) is 4. The molecule has 2 atom stereocenters. The number of urea groups is 1. The monoisotopic (exact) mass is 730 g/mol. The second-order valence-electron chi connectivity index (χ2n) is 13.1. The van der Waals surface area contributed by atoms with Crippen molar-refractivity contribution in [2.75, 3.05) is 11.9 Å². The van der Waals surface area contributed by atoms with Crippen LogP contribution >= 0.6 is 0 Å². The number of nitrogens with zero attached hydrogens (tertiary/aromatic N) is 1. The molecule has 0 saturated heterocycles. The predicted octanol–water partition coefficient (Wildman–Crippen LogP) is 5.89. The number of amides is 4. The number of ether oxygens (including phenoxy) is 3. The van der Waals surface area contributed by atoms with Gasteiger partial charge in [0.2, 0.25) is 5.91 Å². The van der Waals surface area contributed by atoms with Gasteiger partial charge in [0.25, 0.3) is 5.69 Å². The fraction of sp³-hybridized carbons (Fsp3) is 0.324. The Morgan fingerprint density at radius 3 is 2.32 bits per heavy atom. The van der Waals surface area contributed by atoms with Crippen LogP contribution in [-0.4, -0.2) is 58.1 Å². The van der Waals surface area contributed by atoms with Crippen molar-refractivity contribution in [1.82, 2.24) is 15.6 Å². The van der Waals surface area contributed by atoms with E-state index in [0.717, 1.165) is 16.5 Å². The number of ketones is 1. The van der Waals surface area contributed by atoms with Gasteiger partial charge in [-0.05, 0) is 75.1 Å². The van der Waals surface area contributed by atoms with Gasteiger partial charge in [0.05, 0.1) is 11.0 Å². The van der Waals surface area contributed by atoms with Crippen LogP contribution in [0.15, 0.2) is 79.0 Å². The van der Waals surface area contributed by atoms with E-state index in [0.29, 0.717) is 17.7 Å². The molecule has 0 aliphatic rings. The number of carbonyl (C=O) groups is 5. The van der Waals surface area contributed by atoms with Crippen molar-refractivity contribution in [2.45, 2.75) is 64.7 Å². The van der Waals surface area contributed by atoms with Crippen molar-refractivity contribution in [1.29, 1.82) is 0 Å². The Kier molecular flexibility index (Phi) is 13.5. The number of aromatic nitrogens is 1. The van der Waals surface area contributed by atoms with E-state index < -0.39 is 52.5 Å². The van der Waals surface area contributed by atoms with Gasteiger partial charge in [-0.3, -0.25) is 19.7 Å². The second-order valence-corrected chi connectivity index (χ2v) is 13.1. The number of anilines is 1. The van der Waals surface area contributed by atoms with Gasteiger partial charge in [0, 0.05) is 60.2 Å². The van der Waals surface area contributed by atoms with E-state index in [4.69, 9.17) is 19.9 Å². The zero-order valence-electron chi connectivity index (χ0n) is 29.5. The average Bonchev–Trinajstić information content (AvgIpc) is 3.50. The number of benzene rings is 3. The SMILES string of the molecule is CC(C)(C)OC(=O)N[C@@H](Cc1c[nH]c2ccccc12)C(=O)C[C@@H](CCCNC(N)=O)C(=O)Nc1ccc(COC(=O)Oc2ccc([N+](=O)[O-])cc2)cc1. The fourth-order valence-corrected chi connectivity index (χ4v) is 5.32. The number of nitrogens with two attached hydrogens (primary N) is 1. The number of hydrogen-bond acceptors (Lipinski definition) is 10. The molecule has 4 rings (SSSR count). The van der Waals surface area contributed by atoms with Crippen LogP contribution in [0.5, 0.6) is 5.75 Å². The van der Waals surface area contributed by atoms with Crippen molar-refractivity contribution >= 4 is 52.2 Å². The average molecular weight is 731 g/mol. The lowest BCUT2D eigenvalue weighted by molar-refractivity contribution is -0.384. The van der Waals surface area contributed by atoms with Crippen molar-refractivity contribution in [3.05, 3.63) is 100 Å². The maximum Gasteiger partial charge on any atom is 0.514 e. The molecule has 0 aliphatic heterocycles. The summed E-state index contributed by atoms with van der Waals surface area (Å²) in [5, 5.41) is 19.7. The summed E-state index contributed by atoms with van der Waals surface area (Å²) in [6.07, 6.45) is 0.459. The molecule has 53 heavy (non-hydrogen) atoms. The standard InChI is InChI=1S/C37H42N6O10/c1-37(2,3)53-35(47)42-31(19-25-21-40-30-9-5-4-8-29(25)30)32(44)20-24(7-6-18-39-34(38)46)33(45)41-26-12-10-23(11-13-26)22-51-36(48)52-28-16-14-27(15-17-28)43(49)50/h4-5,8-17,21,24,31,40H,6-7,18-20,22H2,1-3H3,(H,41,45)(H,42,47)(H3,38,39,46)/t24-,31+/m1/s1. The molecule has 0 fully saturated rings. The van der Waals surface area contributed by atoms with E-state index in [-0.39, 0.29) is 43.9 Å². The van der Waals surface area contributed by atoms with Crippen molar-refractivity contribution in [2.24, 2.45) is 11.7 Å². The number of aromatic amines is 1. The number of nitro benzene ring substituents is 1. The number of hydrogen-bond donors (Lipinski definition) is 5. The summed E-state index contributed by atoms with van der Waals surface area (Å²) < 4.78 is 15.6. The summed E-state index contributed by atoms with van der Waals surface area (Å²) in [7, 11) is 0. The van der Waals surface area contributed by atoms with Gasteiger partial charge in [0.15, 0.2) is 5.78 Å². The molecule has 0 unspecified atom stereocenters. The van der Waals surface area contributed by atoms with E-state index in [1.807, 2.05) is 24.3 Å². The summed E-state index contributed by atoms with van der Waals surface area (Å²) in [5.41, 5.74) is 6.86. The Bertz CT molecular complexity index is 1920. The van der Waals surface area contributed by atoms with E-state index in [2.05, 4.69) is 20.9 Å². The van der Waals surface area contributed by atoms with Gasteiger partial charge >= 0.3 is 18.3 Å². The van der Waals surface area contributed by atoms with Gasteiger partial charge < -0.3 is 40.9 Å². The molecular weight excluding hydrogens is 688 g/mol. The maximum atomic E-state index is 13.9. The molecule has 0 radical (unpaired) electrons. The molecule has 16 heteroatoms. The summed E-state index contributed by atoms with van der Waals surface area (Å²) in [6, 6.07) is 17.2. The molecule has 16 nitrogen and oxygen atoms in total. The topological polar surface area (TPSA) is 234 Å². The predicted molar refractivity (Wildman–Crippen MR) is 194 cm³/mol. The van der Waals surface area contributed by atoms with Gasteiger partial charge in [-0.25, -0.2) is 14.4 Å². The number of para-hydroxylation sites is 1. The van der Waals surface area contributed by atoms with Crippen LogP contribution in [0.4, 0.5) is 25.8 Å². The van der Waals surface area contributed by atoms with Crippen LogP contribution in [0.2, 0.25) is 0 Å². The molecule has 3 aromatic carbocycles. The molecule has 0 saturated carbocycles. The Morgan fingerprint density at radius 2 is 1.66 bits per heavy atom. The van der Waals surface area contributed by atoms with E-state index in [9.17, 15) is 34.1 Å². The van der Waals surface area contributed by atoms with Gasteiger partial charge in [-0.2, -0.15) is 0 Å². The van der Waals surface area contributed by atoms with E-state index in [1.54, 1.807) is 51.2 Å². The molecule has 0 spiro atoms. The van der Waals surface area contributed by atoms with E-state index in [1.165, 1.54) is 24.3 Å². The number of alkyl carbamates (subject to hydrolysis) is 1. The first kappa shape index (κ1) is 39.3. The van der Waals surface area contributed by atoms with Crippen LogP contribution in [0.3, 0.4) is 0 Å². The Labute approximate surface area is 304 Å². The minimum Gasteiger partial charge on any atom is -0.444 e. The molecule has 6 N–H and O–H groups in total. The second kappa shape index (κ2) is 18.2. The number of non-ortho nitro benzene ring substituents is 1. The fourth-order valence-electron chi connectivity index (χ4n) is 5.32. The number of rotatable bonds is 16. The summed E-state index contributed by atoms with van der Waals surface area (Å²) >= 11 is 0. The lowest BCUT2D eigenvalue weighted by Gasteiger charge is -2.24. The smallest absolute Gasteiger partial charge is 0.444 e. The minimum absolute atomic E-state index is 0.0713. The molecule has 0 bridgehead atoms. The summed E-state index contributed by atoms with van der Waals surface area (Å²) in [5.74, 6) is -1.63. The Balaban J connectivity index is 1.42. The normalized spacial score (nSPS) is 12.2. The third-order valence-electron chi connectivity index (χ3n) is 7.85. The first-order valence-electron chi connectivity index (χ1n) is 16.8. The Morgan fingerprint density at radius 1 is 0.962 bits per heavy atom. The Hall–Kier alpha value is -6.45. The third kappa shape index (κ3) is 12.7. The zero-order chi connectivity index (χ0) is 38.5. The molecular formula is C37H42N6O10. The molecule has 4 amide bonds. The first-order chi connectivity index (χ1) is 25.2. The molecule has 1 aromatic heterocycles. The van der Waals surface area contributed by atoms with E-state index >= 15 is 0 Å². The number of primary amides is 1. The van der Waals surface area contributed by atoms with Crippen molar-refractivity contribution in [3.63, 3.8) is 0 Å². The number of fused-ring (bicyclic) bond motifs is 1. The highest BCUT2D eigenvalue weighted by Crippen LogP contribution is 2.23. The van der Waals surface area contributed by atoms with Crippen LogP contribution in [0, 0.1) is 16.0 Å². The quantitative estimate of drug-likeness (QED) is 0.0301. The molecule has 4 aromatic rings. The van der Waals surface area contributed by atoms with Crippen molar-refractivity contribution in [3.8, 4) is 5.75 Å². The lowest BCUT2D eigenvalue weighted by Crippen LogP contribution is -2.45. The van der Waals surface area contributed by atoms with Crippen LogP contribution < -0.4 is 26.4 Å². The molecule has 1 heterocycles. The number of H-pyrrole nitrogens is 1. The highest BCUT2D eigenvalue weighted by Gasteiger charge is 2.30. The van der Waals surface area contributed by atoms with Crippen LogP contribution in [0.1, 0.15) is 51.2 Å². The van der Waals surface area contributed by atoms with Crippen molar-refractivity contribution < 1.29 is 43.1 Å². The number of nitro groups is 1. The van der Waals surface area contributed by atoms with Gasteiger partial charge in [0.1, 0.15) is 18.0 Å². The summed E-state index contributed by atoms with van der Waals surface area (Å²) in [4.78, 5) is 77.1. The first-order valence-corrected chi connectivity index (χ1v) is 16.8. The van der Waals surface area contributed by atoms with Gasteiger partial charge in [-0.1, -0.05) is 30.3 Å². The molecule has 280 valence electrons. The lowest BCUT2D eigenvalue weighted by atomic mass is 9.91. The largest absolute Gasteiger partial charge is 0.514 e. The highest BCUT2D eigenvalue weighted by molar-refractivity contribution is 5.97. The van der Waals surface area contributed by atoms with Crippen LogP contribution in [0.25, 0.3) is 10.9 Å².